The zero-order chi connectivity index (χ0) is 27.7. The maximum atomic E-state index is 14.6. The molecule has 3 aromatic rings. The maximum Gasteiger partial charge on any atom is 0.300 e. The highest BCUT2D eigenvalue weighted by molar-refractivity contribution is 6.31. The minimum absolute atomic E-state index is 0.000147. The largest absolute Gasteiger partial charge is 0.379 e. The zero-order valence-electron chi connectivity index (χ0n) is 22.1. The number of amides is 1. The molecule has 8 nitrogen and oxygen atoms in total. The van der Waals surface area contributed by atoms with Gasteiger partial charge in [0.25, 0.3) is 5.91 Å². The summed E-state index contributed by atoms with van der Waals surface area (Å²) < 4.78 is 20.0. The van der Waals surface area contributed by atoms with Crippen LogP contribution >= 0.6 is 11.6 Å². The van der Waals surface area contributed by atoms with Crippen molar-refractivity contribution in [3.8, 4) is 23.7 Å². The highest BCUT2D eigenvalue weighted by atomic mass is 35.5. The van der Waals surface area contributed by atoms with Crippen molar-refractivity contribution in [2.75, 3.05) is 63.6 Å². The van der Waals surface area contributed by atoms with Crippen LogP contribution in [0.2, 0.25) is 5.02 Å². The minimum atomic E-state index is -0.581. The number of piperidine rings is 1. The van der Waals surface area contributed by atoms with Crippen LogP contribution in [0.4, 0.5) is 21.6 Å². The fraction of sp³-hybridized carbons (Fsp3) is 0.367. The number of morpholine rings is 1. The molecule has 1 aromatic heterocycles. The number of carbonyl (C=O) groups is 1. The van der Waals surface area contributed by atoms with Crippen molar-refractivity contribution < 1.29 is 13.9 Å². The van der Waals surface area contributed by atoms with Crippen LogP contribution < -0.4 is 10.6 Å². The van der Waals surface area contributed by atoms with E-state index in [1.54, 1.807) is 18.2 Å². The van der Waals surface area contributed by atoms with Crippen LogP contribution in [0.25, 0.3) is 10.9 Å². The van der Waals surface area contributed by atoms with Crippen molar-refractivity contribution in [3.63, 3.8) is 0 Å². The standard InChI is InChI=1S/C30H28ClFN6O2/c1-37-17-21-16-30(21,18-37)8-7-20-14-26-22(29(34-19-33-26)36-24-5-2-4-23(31)28(24)32)15-25(20)35-27(39)6-3-9-38-10-12-40-13-11-38/h2,4-5,14-15,19,21H,9-13,16-18H2,1H3,(H,35,39)(H,33,34,36)/t21-,30+/m1/s1. The molecule has 0 unspecified atom stereocenters. The molecule has 10 heteroatoms. The van der Waals surface area contributed by atoms with E-state index in [2.05, 4.69) is 61.1 Å². The molecule has 2 aliphatic heterocycles. The van der Waals surface area contributed by atoms with Gasteiger partial charge in [-0.3, -0.25) is 9.69 Å². The average molecular weight is 559 g/mol. The van der Waals surface area contributed by atoms with Crippen molar-refractivity contribution in [1.82, 2.24) is 19.8 Å². The quantitative estimate of drug-likeness (QED) is 0.472. The zero-order valence-corrected chi connectivity index (χ0v) is 22.8. The van der Waals surface area contributed by atoms with E-state index in [1.807, 2.05) is 6.07 Å². The summed E-state index contributed by atoms with van der Waals surface area (Å²) in [6.07, 6.45) is 2.50. The Morgan fingerprint density at radius 3 is 2.90 bits per heavy atom. The van der Waals surface area contributed by atoms with Gasteiger partial charge in [-0.2, -0.15) is 0 Å². The van der Waals surface area contributed by atoms with Gasteiger partial charge in [0.15, 0.2) is 5.82 Å². The van der Waals surface area contributed by atoms with Crippen molar-refractivity contribution in [2.24, 2.45) is 11.3 Å². The topological polar surface area (TPSA) is 82.6 Å². The third-order valence-electron chi connectivity index (χ3n) is 7.60. The van der Waals surface area contributed by atoms with Crippen LogP contribution in [0.5, 0.6) is 0 Å². The van der Waals surface area contributed by atoms with Crippen molar-refractivity contribution >= 4 is 45.6 Å². The van der Waals surface area contributed by atoms with Gasteiger partial charge < -0.3 is 20.3 Å². The maximum absolute atomic E-state index is 14.6. The van der Waals surface area contributed by atoms with E-state index in [9.17, 15) is 9.18 Å². The molecular weight excluding hydrogens is 531 g/mol. The summed E-state index contributed by atoms with van der Waals surface area (Å²) in [7, 11) is 2.11. The lowest BCUT2D eigenvalue weighted by atomic mass is 10.0. The number of aromatic nitrogens is 2. The van der Waals surface area contributed by atoms with Gasteiger partial charge in [-0.15, -0.1) is 0 Å². The first-order chi connectivity index (χ1) is 19.4. The van der Waals surface area contributed by atoms with Crippen molar-refractivity contribution in [2.45, 2.75) is 6.42 Å². The predicted octanol–water partition coefficient (Wildman–Crippen LogP) is 3.74. The van der Waals surface area contributed by atoms with Gasteiger partial charge in [0.2, 0.25) is 0 Å². The molecule has 2 atom stereocenters. The van der Waals surface area contributed by atoms with Gasteiger partial charge >= 0.3 is 0 Å². The molecule has 3 heterocycles. The number of anilines is 3. The van der Waals surface area contributed by atoms with Gasteiger partial charge in [0, 0.05) is 37.0 Å². The molecule has 1 aliphatic carbocycles. The average Bonchev–Trinajstić information content (AvgIpc) is 3.51. The molecule has 1 amide bonds. The molecular formula is C30H28ClFN6O2. The van der Waals surface area contributed by atoms with Crippen LogP contribution in [0, 0.1) is 40.8 Å². The number of rotatable bonds is 4. The highest BCUT2D eigenvalue weighted by Crippen LogP contribution is 2.56. The van der Waals surface area contributed by atoms with Crippen LogP contribution in [0.1, 0.15) is 12.0 Å². The van der Waals surface area contributed by atoms with E-state index in [0.717, 1.165) is 32.6 Å². The van der Waals surface area contributed by atoms with Crippen LogP contribution in [0.15, 0.2) is 36.7 Å². The molecule has 2 N–H and O–H groups in total. The number of halogens is 2. The van der Waals surface area contributed by atoms with Crippen molar-refractivity contribution in [3.05, 3.63) is 53.1 Å². The number of ether oxygens (including phenoxy) is 1. The Bertz CT molecular complexity index is 1600. The number of carbonyl (C=O) groups excluding carboxylic acids is 1. The molecule has 3 fully saturated rings. The first-order valence-electron chi connectivity index (χ1n) is 13.2. The second kappa shape index (κ2) is 11.0. The molecule has 0 spiro atoms. The van der Waals surface area contributed by atoms with Gasteiger partial charge in [0.1, 0.15) is 12.1 Å². The van der Waals surface area contributed by atoms with E-state index < -0.39 is 11.7 Å². The van der Waals surface area contributed by atoms with E-state index in [4.69, 9.17) is 16.3 Å². The minimum Gasteiger partial charge on any atom is -0.379 e. The normalized spacial score (nSPS) is 22.0. The Morgan fingerprint density at radius 2 is 2.10 bits per heavy atom. The molecule has 3 aliphatic rings. The summed E-state index contributed by atoms with van der Waals surface area (Å²) in [5.41, 5.74) is 1.93. The summed E-state index contributed by atoms with van der Waals surface area (Å²) in [4.78, 5) is 26.1. The number of hydrogen-bond acceptors (Lipinski definition) is 7. The summed E-state index contributed by atoms with van der Waals surface area (Å²) in [5.74, 6) is 12.4. The van der Waals surface area contributed by atoms with Gasteiger partial charge in [-0.05, 0) is 49.6 Å². The van der Waals surface area contributed by atoms with Crippen LogP contribution in [-0.2, 0) is 9.53 Å². The number of hydrogen-bond donors (Lipinski definition) is 2. The second-order valence-corrected chi connectivity index (χ2v) is 10.9. The number of nitrogens with one attached hydrogen (secondary N) is 2. The third-order valence-corrected chi connectivity index (χ3v) is 7.89. The lowest BCUT2D eigenvalue weighted by molar-refractivity contribution is -0.111. The molecule has 2 aromatic carbocycles. The first kappa shape index (κ1) is 26.5. The molecule has 204 valence electrons. The van der Waals surface area contributed by atoms with E-state index in [-0.39, 0.29) is 16.1 Å². The number of benzene rings is 2. The Hall–Kier alpha value is -3.73. The molecule has 2 saturated heterocycles. The summed E-state index contributed by atoms with van der Waals surface area (Å²) >= 11 is 5.97. The number of fused-ring (bicyclic) bond motifs is 2. The van der Waals surface area contributed by atoms with E-state index >= 15 is 0 Å². The molecule has 0 bridgehead atoms. The lowest BCUT2D eigenvalue weighted by Gasteiger charge is -2.24. The Kier molecular flexibility index (Phi) is 7.31. The fourth-order valence-electron chi connectivity index (χ4n) is 5.40. The molecule has 0 radical (unpaired) electrons. The monoisotopic (exact) mass is 558 g/mol. The summed E-state index contributed by atoms with van der Waals surface area (Å²) in [6, 6.07) is 8.29. The first-order valence-corrected chi connectivity index (χ1v) is 13.6. The summed E-state index contributed by atoms with van der Waals surface area (Å²) in [6.45, 7) is 5.41. The highest BCUT2D eigenvalue weighted by Gasteiger charge is 2.58. The Balaban J connectivity index is 1.32. The smallest absolute Gasteiger partial charge is 0.300 e. The number of nitrogens with zero attached hydrogens (tertiary/aromatic N) is 4. The summed E-state index contributed by atoms with van der Waals surface area (Å²) in [5, 5.41) is 6.52. The second-order valence-electron chi connectivity index (χ2n) is 10.5. The lowest BCUT2D eigenvalue weighted by Crippen LogP contribution is -2.36. The third kappa shape index (κ3) is 5.60. The fourth-order valence-corrected chi connectivity index (χ4v) is 5.58. The van der Waals surface area contributed by atoms with Crippen LogP contribution in [0.3, 0.4) is 0 Å². The van der Waals surface area contributed by atoms with E-state index in [0.29, 0.717) is 53.6 Å². The Morgan fingerprint density at radius 1 is 1.25 bits per heavy atom. The number of likely N-dealkylation sites (tertiary alicyclic amines) is 1. The van der Waals surface area contributed by atoms with E-state index in [1.165, 1.54) is 12.4 Å². The van der Waals surface area contributed by atoms with Crippen LogP contribution in [-0.4, -0.2) is 78.7 Å². The van der Waals surface area contributed by atoms with Crippen molar-refractivity contribution in [1.29, 1.82) is 0 Å². The molecule has 1 saturated carbocycles. The van der Waals surface area contributed by atoms with Gasteiger partial charge in [-0.1, -0.05) is 35.4 Å². The van der Waals surface area contributed by atoms with Gasteiger partial charge in [-0.25, -0.2) is 14.4 Å². The van der Waals surface area contributed by atoms with Gasteiger partial charge in [0.05, 0.1) is 47.2 Å². The Labute approximate surface area is 237 Å². The molecule has 6 rings (SSSR count). The SMILES string of the molecule is CN1C[C@H]2C[C@@]2(C#Cc2cc3ncnc(Nc4cccc(Cl)c4F)c3cc2NC(=O)C#CCN2CCOCC2)C1. The predicted molar refractivity (Wildman–Crippen MR) is 153 cm³/mol. The molecule has 40 heavy (non-hydrogen) atoms.